The fourth-order valence-electron chi connectivity index (χ4n) is 1.41. The van der Waals surface area contributed by atoms with E-state index in [1.54, 1.807) is 19.9 Å². The molecule has 0 saturated carbocycles. The Kier molecular flexibility index (Phi) is 3.59. The highest BCUT2D eigenvalue weighted by atomic mass is 19.1. The molecule has 16 heavy (non-hydrogen) atoms. The second kappa shape index (κ2) is 4.57. The Balaban J connectivity index is 3.07. The van der Waals surface area contributed by atoms with E-state index in [0.29, 0.717) is 0 Å². The summed E-state index contributed by atoms with van der Waals surface area (Å²) in [6.07, 6.45) is 1.33. The summed E-state index contributed by atoms with van der Waals surface area (Å²) in [5.41, 5.74) is 5.07. The maximum Gasteiger partial charge on any atom is 0.313 e. The Morgan fingerprint density at radius 1 is 1.62 bits per heavy atom. The topological polar surface area (TPSA) is 65.2 Å². The highest BCUT2D eigenvalue weighted by Gasteiger charge is 2.37. The molecule has 0 saturated heterocycles. The Labute approximate surface area is 93.6 Å². The average Bonchev–Trinajstić information content (AvgIpc) is 2.27. The van der Waals surface area contributed by atoms with E-state index >= 15 is 0 Å². The molecule has 0 aliphatic carbocycles. The molecule has 0 amide bonds. The third-order valence-corrected chi connectivity index (χ3v) is 2.61. The van der Waals surface area contributed by atoms with Gasteiger partial charge in [0, 0.05) is 17.8 Å². The molecule has 0 radical (unpaired) electrons. The van der Waals surface area contributed by atoms with Crippen LogP contribution in [-0.4, -0.2) is 18.1 Å². The van der Waals surface area contributed by atoms with E-state index in [1.165, 1.54) is 19.4 Å². The first-order chi connectivity index (χ1) is 7.41. The molecule has 1 aromatic heterocycles. The number of halogens is 1. The molecule has 1 heterocycles. The van der Waals surface area contributed by atoms with E-state index in [1.807, 2.05) is 0 Å². The van der Waals surface area contributed by atoms with Gasteiger partial charge in [-0.2, -0.15) is 4.39 Å². The summed E-state index contributed by atoms with van der Waals surface area (Å²) in [5.74, 6) is -1.14. The zero-order chi connectivity index (χ0) is 12.3. The first-order valence-corrected chi connectivity index (χ1v) is 4.85. The molecule has 1 atom stereocenters. The molecule has 1 aromatic rings. The van der Waals surface area contributed by atoms with Gasteiger partial charge < -0.3 is 10.5 Å². The van der Waals surface area contributed by atoms with Crippen molar-refractivity contribution >= 4 is 5.97 Å². The predicted molar refractivity (Wildman–Crippen MR) is 56.9 cm³/mol. The van der Waals surface area contributed by atoms with Gasteiger partial charge in [-0.05, 0) is 19.9 Å². The Hall–Kier alpha value is -1.49. The SMILES string of the molecule is COC(=O)C(C)(C)[C@@H](N)c1cccnc1F. The third-order valence-electron chi connectivity index (χ3n) is 2.61. The molecular weight excluding hydrogens is 211 g/mol. The lowest BCUT2D eigenvalue weighted by atomic mass is 9.81. The molecule has 2 N–H and O–H groups in total. The van der Waals surface area contributed by atoms with Crippen molar-refractivity contribution in [3.05, 3.63) is 29.8 Å². The number of methoxy groups -OCH3 is 1. The number of hydrogen-bond donors (Lipinski definition) is 1. The van der Waals surface area contributed by atoms with E-state index in [4.69, 9.17) is 5.73 Å². The van der Waals surface area contributed by atoms with E-state index in [2.05, 4.69) is 9.72 Å². The van der Waals surface area contributed by atoms with E-state index in [9.17, 15) is 9.18 Å². The van der Waals surface area contributed by atoms with Gasteiger partial charge in [-0.25, -0.2) is 4.98 Å². The highest BCUT2D eigenvalue weighted by Crippen LogP contribution is 2.32. The minimum atomic E-state index is -1.00. The van der Waals surface area contributed by atoms with Crippen LogP contribution in [0.1, 0.15) is 25.5 Å². The molecule has 0 fully saturated rings. The van der Waals surface area contributed by atoms with Crippen LogP contribution in [-0.2, 0) is 9.53 Å². The normalized spacial score (nSPS) is 13.3. The summed E-state index contributed by atoms with van der Waals surface area (Å²) >= 11 is 0. The predicted octanol–water partition coefficient (Wildman–Crippen LogP) is 1.42. The lowest BCUT2D eigenvalue weighted by Gasteiger charge is -2.28. The number of carbonyl (C=O) groups excluding carboxylic acids is 1. The van der Waals surface area contributed by atoms with Crippen LogP contribution in [0.5, 0.6) is 0 Å². The molecule has 0 bridgehead atoms. The molecular formula is C11H15FN2O2. The van der Waals surface area contributed by atoms with Gasteiger partial charge in [0.15, 0.2) is 0 Å². The van der Waals surface area contributed by atoms with Crippen molar-refractivity contribution in [1.82, 2.24) is 4.98 Å². The fourth-order valence-corrected chi connectivity index (χ4v) is 1.41. The van der Waals surface area contributed by atoms with E-state index < -0.39 is 23.4 Å². The molecule has 4 nitrogen and oxygen atoms in total. The Morgan fingerprint density at radius 3 is 2.75 bits per heavy atom. The number of pyridine rings is 1. The molecule has 0 aliphatic heterocycles. The summed E-state index contributed by atoms with van der Waals surface area (Å²) < 4.78 is 18.0. The summed E-state index contributed by atoms with van der Waals surface area (Å²) in [6, 6.07) is 2.29. The number of rotatable bonds is 3. The van der Waals surface area contributed by atoms with Crippen LogP contribution in [0.25, 0.3) is 0 Å². The van der Waals surface area contributed by atoms with Crippen molar-refractivity contribution in [2.75, 3.05) is 7.11 Å². The first kappa shape index (κ1) is 12.6. The van der Waals surface area contributed by atoms with Crippen LogP contribution >= 0.6 is 0 Å². The second-order valence-electron chi connectivity index (χ2n) is 4.07. The van der Waals surface area contributed by atoms with Crippen LogP contribution < -0.4 is 5.73 Å². The monoisotopic (exact) mass is 226 g/mol. The molecule has 1 rings (SSSR count). The first-order valence-electron chi connectivity index (χ1n) is 4.85. The van der Waals surface area contributed by atoms with Crippen LogP contribution in [0.3, 0.4) is 0 Å². The molecule has 0 aliphatic rings. The minimum Gasteiger partial charge on any atom is -0.469 e. The summed E-state index contributed by atoms with van der Waals surface area (Å²) in [5, 5.41) is 0. The van der Waals surface area contributed by atoms with Gasteiger partial charge in [-0.1, -0.05) is 6.07 Å². The summed E-state index contributed by atoms with van der Waals surface area (Å²) in [7, 11) is 1.27. The van der Waals surface area contributed by atoms with Gasteiger partial charge in [-0.3, -0.25) is 4.79 Å². The lowest BCUT2D eigenvalue weighted by molar-refractivity contribution is -0.152. The second-order valence-corrected chi connectivity index (χ2v) is 4.07. The van der Waals surface area contributed by atoms with Gasteiger partial charge in [-0.15, -0.1) is 0 Å². The smallest absolute Gasteiger partial charge is 0.313 e. The van der Waals surface area contributed by atoms with Crippen molar-refractivity contribution < 1.29 is 13.9 Å². The summed E-state index contributed by atoms with van der Waals surface area (Å²) in [4.78, 5) is 15.0. The van der Waals surface area contributed by atoms with Crippen molar-refractivity contribution in [3.8, 4) is 0 Å². The van der Waals surface area contributed by atoms with E-state index in [0.717, 1.165) is 0 Å². The van der Waals surface area contributed by atoms with Crippen molar-refractivity contribution in [3.63, 3.8) is 0 Å². The lowest BCUT2D eigenvalue weighted by Crippen LogP contribution is -2.38. The van der Waals surface area contributed by atoms with Crippen LogP contribution in [0.4, 0.5) is 4.39 Å². The van der Waals surface area contributed by atoms with Gasteiger partial charge in [0.2, 0.25) is 5.95 Å². The summed E-state index contributed by atoms with van der Waals surface area (Å²) in [6.45, 7) is 3.21. The van der Waals surface area contributed by atoms with Crippen molar-refractivity contribution in [2.45, 2.75) is 19.9 Å². The molecule has 88 valence electrons. The highest BCUT2D eigenvalue weighted by molar-refractivity contribution is 5.77. The largest absolute Gasteiger partial charge is 0.469 e. The molecule has 0 unspecified atom stereocenters. The number of esters is 1. The minimum absolute atomic E-state index is 0.206. The zero-order valence-corrected chi connectivity index (χ0v) is 9.53. The van der Waals surface area contributed by atoms with Gasteiger partial charge in [0.1, 0.15) is 0 Å². The van der Waals surface area contributed by atoms with Crippen LogP contribution in [0.15, 0.2) is 18.3 Å². The number of aromatic nitrogens is 1. The zero-order valence-electron chi connectivity index (χ0n) is 9.53. The Bertz CT molecular complexity index is 393. The van der Waals surface area contributed by atoms with Crippen molar-refractivity contribution in [2.24, 2.45) is 11.1 Å². The van der Waals surface area contributed by atoms with Gasteiger partial charge >= 0.3 is 5.97 Å². The third kappa shape index (κ3) is 2.19. The van der Waals surface area contributed by atoms with Crippen LogP contribution in [0.2, 0.25) is 0 Å². The maximum atomic E-state index is 13.4. The quantitative estimate of drug-likeness (QED) is 0.625. The number of carbonyl (C=O) groups is 1. The number of nitrogens with zero attached hydrogens (tertiary/aromatic N) is 1. The molecule has 5 heteroatoms. The van der Waals surface area contributed by atoms with Gasteiger partial charge in [0.05, 0.1) is 12.5 Å². The standard InChI is InChI=1S/C11H15FN2O2/c1-11(2,10(15)16-3)8(13)7-5-4-6-14-9(7)12/h4-6,8H,13H2,1-3H3/t8-/m0/s1. The number of ether oxygens (including phenoxy) is 1. The molecule has 0 aromatic carbocycles. The maximum absolute atomic E-state index is 13.4. The van der Waals surface area contributed by atoms with Gasteiger partial charge in [0.25, 0.3) is 0 Å². The molecule has 0 spiro atoms. The van der Waals surface area contributed by atoms with E-state index in [-0.39, 0.29) is 5.56 Å². The number of nitrogens with two attached hydrogens (primary N) is 1. The Morgan fingerprint density at radius 2 is 2.25 bits per heavy atom. The average molecular weight is 226 g/mol. The van der Waals surface area contributed by atoms with Crippen LogP contribution in [0, 0.1) is 11.4 Å². The number of hydrogen-bond acceptors (Lipinski definition) is 4. The fraction of sp³-hybridized carbons (Fsp3) is 0.455. The van der Waals surface area contributed by atoms with Crippen molar-refractivity contribution in [1.29, 1.82) is 0 Å².